The first-order chi connectivity index (χ1) is 6.15. The average molecular weight is 185 g/mol. The summed E-state index contributed by atoms with van der Waals surface area (Å²) in [5.74, 6) is 0.113. The van der Waals surface area contributed by atoms with Crippen LogP contribution < -0.4 is 17.0 Å². The third-order valence-corrected chi connectivity index (χ3v) is 1.61. The molecule has 0 bridgehead atoms. The number of anilines is 1. The molecule has 0 atom stereocenters. The summed E-state index contributed by atoms with van der Waals surface area (Å²) in [6.45, 7) is 0.281. The van der Waals surface area contributed by atoms with Crippen molar-refractivity contribution in [3.63, 3.8) is 0 Å². The van der Waals surface area contributed by atoms with Gasteiger partial charge in [0.05, 0.1) is 0 Å². The number of aromatic nitrogens is 2. The van der Waals surface area contributed by atoms with Gasteiger partial charge in [-0.15, -0.1) is 0 Å². The molecular formula is C7H11N3O3. The molecule has 13 heavy (non-hydrogen) atoms. The first-order valence-corrected chi connectivity index (χ1v) is 3.85. The lowest BCUT2D eigenvalue weighted by atomic mass is 10.4. The lowest BCUT2D eigenvalue weighted by Gasteiger charge is -2.05. The van der Waals surface area contributed by atoms with Crippen LogP contribution in [0.3, 0.4) is 0 Å². The number of nitrogens with zero attached hydrogens (tertiary/aromatic N) is 1. The van der Waals surface area contributed by atoms with Gasteiger partial charge in [-0.2, -0.15) is 0 Å². The highest BCUT2D eigenvalue weighted by molar-refractivity contribution is 5.25. The van der Waals surface area contributed by atoms with Crippen molar-refractivity contribution in [1.82, 2.24) is 9.55 Å². The lowest BCUT2D eigenvalue weighted by Crippen LogP contribution is -2.31. The standard InChI is InChI=1S/C7H11N3O3/c8-5-4-6(12)9-7(13)10(5)2-1-3-11/h4,11H,1-3,8H2,(H,9,12,13). The molecule has 1 aromatic rings. The van der Waals surface area contributed by atoms with E-state index in [1.165, 1.54) is 4.57 Å². The van der Waals surface area contributed by atoms with Gasteiger partial charge in [-0.05, 0) is 6.42 Å². The number of hydrogen-bond acceptors (Lipinski definition) is 4. The van der Waals surface area contributed by atoms with Crippen molar-refractivity contribution in [3.05, 3.63) is 26.9 Å². The molecule has 0 saturated carbocycles. The van der Waals surface area contributed by atoms with Gasteiger partial charge in [0.2, 0.25) is 0 Å². The second-order valence-corrected chi connectivity index (χ2v) is 2.59. The zero-order chi connectivity index (χ0) is 9.84. The first kappa shape index (κ1) is 9.53. The highest BCUT2D eigenvalue weighted by atomic mass is 16.3. The molecule has 0 fully saturated rings. The van der Waals surface area contributed by atoms with Crippen LogP contribution in [0, 0.1) is 0 Å². The highest BCUT2D eigenvalue weighted by Gasteiger charge is 2.01. The van der Waals surface area contributed by atoms with Crippen LogP contribution in [0.5, 0.6) is 0 Å². The Kier molecular flexibility index (Phi) is 2.86. The molecule has 72 valence electrons. The fourth-order valence-corrected chi connectivity index (χ4v) is 0.998. The summed E-state index contributed by atoms with van der Waals surface area (Å²) >= 11 is 0. The minimum atomic E-state index is -0.543. The van der Waals surface area contributed by atoms with Gasteiger partial charge in [0.15, 0.2) is 0 Å². The third-order valence-electron chi connectivity index (χ3n) is 1.61. The number of hydrogen-bond donors (Lipinski definition) is 3. The van der Waals surface area contributed by atoms with Crippen LogP contribution in [0.1, 0.15) is 6.42 Å². The van der Waals surface area contributed by atoms with Gasteiger partial charge < -0.3 is 10.8 Å². The Bertz CT molecular complexity index is 393. The minimum Gasteiger partial charge on any atom is -0.396 e. The van der Waals surface area contributed by atoms with Crippen LogP contribution in [0.25, 0.3) is 0 Å². The van der Waals surface area contributed by atoms with Crippen molar-refractivity contribution < 1.29 is 5.11 Å². The van der Waals surface area contributed by atoms with E-state index < -0.39 is 11.2 Å². The van der Waals surface area contributed by atoms with Crippen molar-refractivity contribution in [1.29, 1.82) is 0 Å². The van der Waals surface area contributed by atoms with Gasteiger partial charge in [0.1, 0.15) is 5.82 Å². The van der Waals surface area contributed by atoms with Crippen molar-refractivity contribution in [2.45, 2.75) is 13.0 Å². The number of rotatable bonds is 3. The van der Waals surface area contributed by atoms with Crippen LogP contribution in [0.4, 0.5) is 5.82 Å². The van der Waals surface area contributed by atoms with Gasteiger partial charge in [0.25, 0.3) is 5.56 Å². The normalized spacial score (nSPS) is 10.2. The predicted octanol–water partition coefficient (Wildman–Crippen LogP) is -1.50. The van der Waals surface area contributed by atoms with E-state index in [-0.39, 0.29) is 12.4 Å². The minimum absolute atomic E-state index is 0.0228. The molecule has 6 nitrogen and oxygen atoms in total. The summed E-state index contributed by atoms with van der Waals surface area (Å²) in [5.41, 5.74) is 4.37. The predicted molar refractivity (Wildman–Crippen MR) is 47.4 cm³/mol. The van der Waals surface area contributed by atoms with E-state index in [0.717, 1.165) is 6.07 Å². The number of aliphatic hydroxyl groups excluding tert-OH is 1. The molecule has 1 aromatic heterocycles. The molecule has 0 unspecified atom stereocenters. The van der Waals surface area contributed by atoms with E-state index in [9.17, 15) is 9.59 Å². The lowest BCUT2D eigenvalue weighted by molar-refractivity contribution is 0.279. The van der Waals surface area contributed by atoms with Crippen molar-refractivity contribution in [3.8, 4) is 0 Å². The van der Waals surface area contributed by atoms with Crippen LogP contribution in [0.15, 0.2) is 15.7 Å². The third kappa shape index (κ3) is 2.19. The SMILES string of the molecule is Nc1cc(=O)[nH]c(=O)n1CCCO. The number of nitrogens with two attached hydrogens (primary N) is 1. The zero-order valence-electron chi connectivity index (χ0n) is 6.99. The summed E-state index contributed by atoms with van der Waals surface area (Å²) in [4.78, 5) is 23.9. The molecule has 0 aromatic carbocycles. The smallest absolute Gasteiger partial charge is 0.329 e. The van der Waals surface area contributed by atoms with Gasteiger partial charge in [-0.3, -0.25) is 14.3 Å². The molecule has 1 rings (SSSR count). The largest absolute Gasteiger partial charge is 0.396 e. The fraction of sp³-hybridized carbons (Fsp3) is 0.429. The average Bonchev–Trinajstić information content (AvgIpc) is 2.02. The summed E-state index contributed by atoms with van der Waals surface area (Å²) in [5, 5.41) is 8.54. The zero-order valence-corrected chi connectivity index (χ0v) is 6.99. The monoisotopic (exact) mass is 185 g/mol. The number of aromatic amines is 1. The Hall–Kier alpha value is -1.56. The molecule has 0 aliphatic rings. The highest BCUT2D eigenvalue weighted by Crippen LogP contribution is 1.93. The van der Waals surface area contributed by atoms with E-state index in [2.05, 4.69) is 4.98 Å². The van der Waals surface area contributed by atoms with Crippen molar-refractivity contribution >= 4 is 5.82 Å². The molecule has 0 radical (unpaired) electrons. The number of nitrogen functional groups attached to an aromatic ring is 1. The van der Waals surface area contributed by atoms with Gasteiger partial charge in [0, 0.05) is 19.2 Å². The maximum absolute atomic E-state index is 11.1. The molecule has 4 N–H and O–H groups in total. The maximum atomic E-state index is 11.1. The van der Waals surface area contributed by atoms with Crippen LogP contribution >= 0.6 is 0 Å². The summed E-state index contributed by atoms with van der Waals surface area (Å²) < 4.78 is 1.21. The van der Waals surface area contributed by atoms with Crippen LogP contribution in [0.2, 0.25) is 0 Å². The van der Waals surface area contributed by atoms with Crippen LogP contribution in [-0.2, 0) is 6.54 Å². The van der Waals surface area contributed by atoms with Gasteiger partial charge in [-0.25, -0.2) is 4.79 Å². The number of nitrogens with one attached hydrogen (secondary N) is 1. The molecule has 0 saturated heterocycles. The Morgan fingerprint density at radius 3 is 2.77 bits per heavy atom. The van der Waals surface area contributed by atoms with Gasteiger partial charge >= 0.3 is 5.69 Å². The molecule has 0 aliphatic carbocycles. The van der Waals surface area contributed by atoms with E-state index in [4.69, 9.17) is 10.8 Å². The second-order valence-electron chi connectivity index (χ2n) is 2.59. The van der Waals surface area contributed by atoms with E-state index in [0.29, 0.717) is 13.0 Å². The van der Waals surface area contributed by atoms with Gasteiger partial charge in [-0.1, -0.05) is 0 Å². The molecule has 6 heteroatoms. The Morgan fingerprint density at radius 2 is 2.23 bits per heavy atom. The number of aliphatic hydroxyl groups is 1. The maximum Gasteiger partial charge on any atom is 0.329 e. The van der Waals surface area contributed by atoms with Crippen molar-refractivity contribution in [2.24, 2.45) is 0 Å². The van der Waals surface area contributed by atoms with Crippen LogP contribution in [-0.4, -0.2) is 21.3 Å². The Labute approximate surface area is 73.6 Å². The quantitative estimate of drug-likeness (QED) is 0.533. The van der Waals surface area contributed by atoms with E-state index >= 15 is 0 Å². The van der Waals surface area contributed by atoms with E-state index in [1.807, 2.05) is 0 Å². The summed E-state index contributed by atoms with van der Waals surface area (Å²) in [6.07, 6.45) is 0.427. The Balaban J connectivity index is 3.07. The topological polar surface area (TPSA) is 101 Å². The molecule has 0 spiro atoms. The second kappa shape index (κ2) is 3.90. The fourth-order valence-electron chi connectivity index (χ4n) is 0.998. The molecular weight excluding hydrogens is 174 g/mol. The van der Waals surface area contributed by atoms with Crippen molar-refractivity contribution in [2.75, 3.05) is 12.3 Å². The Morgan fingerprint density at radius 1 is 1.54 bits per heavy atom. The number of H-pyrrole nitrogens is 1. The molecule has 1 heterocycles. The van der Waals surface area contributed by atoms with E-state index in [1.54, 1.807) is 0 Å². The summed E-state index contributed by atoms with van der Waals surface area (Å²) in [6, 6.07) is 1.14. The summed E-state index contributed by atoms with van der Waals surface area (Å²) in [7, 11) is 0. The first-order valence-electron chi connectivity index (χ1n) is 3.85. The molecule has 0 amide bonds. The molecule has 0 aliphatic heterocycles.